The van der Waals surface area contributed by atoms with E-state index in [0.717, 1.165) is 47.1 Å². The largest absolute Gasteiger partial charge is 0.144 e. The highest BCUT2D eigenvalue weighted by atomic mass is 32.1. The minimum Gasteiger partial charge on any atom is -0.144 e. The Morgan fingerprint density at radius 1 is 0.909 bits per heavy atom. The van der Waals surface area contributed by atoms with E-state index in [1.165, 1.54) is 5.01 Å². The maximum atomic E-state index is 4.34. The molecule has 2 heterocycles. The summed E-state index contributed by atoms with van der Waals surface area (Å²) >= 11 is 3.51. The van der Waals surface area contributed by atoms with Gasteiger partial charge in [-0.1, -0.05) is 34.6 Å². The van der Waals surface area contributed by atoms with Gasteiger partial charge in [-0.15, -0.1) is 43.1 Å². The van der Waals surface area contributed by atoms with Gasteiger partial charge in [0.25, 0.3) is 0 Å². The zero-order valence-corrected chi connectivity index (χ0v) is 15.9. The van der Waals surface area contributed by atoms with Crippen molar-refractivity contribution < 1.29 is 0 Å². The van der Waals surface area contributed by atoms with Crippen molar-refractivity contribution in [2.75, 3.05) is 0 Å². The van der Waals surface area contributed by atoms with Crippen LogP contribution in [0.25, 0.3) is 0 Å². The third-order valence-electron chi connectivity index (χ3n) is 3.55. The van der Waals surface area contributed by atoms with Crippen molar-refractivity contribution in [1.82, 2.24) is 20.4 Å². The van der Waals surface area contributed by atoms with Gasteiger partial charge in [-0.3, -0.25) is 0 Å². The van der Waals surface area contributed by atoms with Gasteiger partial charge in [0, 0.05) is 19.3 Å². The minimum absolute atomic E-state index is 0.217. The molecule has 0 atom stereocenters. The lowest BCUT2D eigenvalue weighted by molar-refractivity contribution is 0.331. The first-order valence-corrected chi connectivity index (χ1v) is 9.64. The standard InChI is InChI=1S/C16H26N4S2/c1-6-12-17-20-15(21-12)10-16(4,5)8-7-13-18-19-14(22-13)9-11(2)3/h11H,6-10H2,1-5H3. The molecule has 2 aromatic heterocycles. The second-order valence-electron chi connectivity index (χ2n) is 6.97. The highest BCUT2D eigenvalue weighted by molar-refractivity contribution is 7.11. The third kappa shape index (κ3) is 5.39. The van der Waals surface area contributed by atoms with Crippen LogP contribution in [0.5, 0.6) is 0 Å². The molecule has 0 saturated carbocycles. The zero-order chi connectivity index (χ0) is 16.2. The lowest BCUT2D eigenvalue weighted by atomic mass is 9.85. The summed E-state index contributed by atoms with van der Waals surface area (Å²) in [7, 11) is 0. The second kappa shape index (κ2) is 7.59. The first-order valence-electron chi connectivity index (χ1n) is 8.00. The summed E-state index contributed by atoms with van der Waals surface area (Å²) in [6.45, 7) is 11.2. The van der Waals surface area contributed by atoms with Gasteiger partial charge in [0.2, 0.25) is 0 Å². The number of hydrogen-bond donors (Lipinski definition) is 0. The number of rotatable bonds is 8. The Hall–Kier alpha value is -0.880. The predicted octanol–water partition coefficient (Wildman–Crippen LogP) is 4.35. The average Bonchev–Trinajstić information content (AvgIpc) is 3.05. The molecule has 0 bridgehead atoms. The monoisotopic (exact) mass is 338 g/mol. The molecule has 2 aromatic rings. The minimum atomic E-state index is 0.217. The normalized spacial score (nSPS) is 12.3. The number of aryl methyl sites for hydroxylation is 2. The molecule has 0 saturated heterocycles. The summed E-state index contributed by atoms with van der Waals surface area (Å²) in [5.74, 6) is 0.641. The van der Waals surface area contributed by atoms with E-state index in [9.17, 15) is 0 Å². The van der Waals surface area contributed by atoms with Crippen molar-refractivity contribution in [2.24, 2.45) is 11.3 Å². The van der Waals surface area contributed by atoms with Crippen LogP contribution in [0.2, 0.25) is 0 Å². The second-order valence-corrected chi connectivity index (χ2v) is 9.26. The fourth-order valence-electron chi connectivity index (χ4n) is 2.27. The van der Waals surface area contributed by atoms with Crippen LogP contribution in [0, 0.1) is 11.3 Å². The molecular weight excluding hydrogens is 312 g/mol. The van der Waals surface area contributed by atoms with Crippen molar-refractivity contribution in [3.05, 3.63) is 20.0 Å². The molecule has 4 nitrogen and oxygen atoms in total. The van der Waals surface area contributed by atoms with Gasteiger partial charge in [0.1, 0.15) is 20.0 Å². The van der Waals surface area contributed by atoms with Crippen LogP contribution in [0.15, 0.2) is 0 Å². The molecule has 0 aliphatic carbocycles. The van der Waals surface area contributed by atoms with E-state index in [0.29, 0.717) is 5.92 Å². The number of aromatic nitrogens is 4. The van der Waals surface area contributed by atoms with Crippen LogP contribution in [0.4, 0.5) is 0 Å². The Morgan fingerprint density at radius 2 is 1.50 bits per heavy atom. The van der Waals surface area contributed by atoms with E-state index in [1.807, 2.05) is 0 Å². The lowest BCUT2D eigenvalue weighted by Crippen LogP contribution is -2.16. The van der Waals surface area contributed by atoms with Crippen LogP contribution in [0.3, 0.4) is 0 Å². The van der Waals surface area contributed by atoms with Crippen molar-refractivity contribution in [1.29, 1.82) is 0 Å². The summed E-state index contributed by atoms with van der Waals surface area (Å²) in [4.78, 5) is 0. The molecule has 6 heteroatoms. The zero-order valence-electron chi connectivity index (χ0n) is 14.2. The van der Waals surface area contributed by atoms with Crippen LogP contribution >= 0.6 is 22.7 Å². The summed E-state index contributed by atoms with van der Waals surface area (Å²) in [6.07, 6.45) is 5.10. The molecule has 2 rings (SSSR count). The maximum absolute atomic E-state index is 4.34. The lowest BCUT2D eigenvalue weighted by Gasteiger charge is -2.22. The van der Waals surface area contributed by atoms with Crippen molar-refractivity contribution in [3.8, 4) is 0 Å². The Kier molecular flexibility index (Phi) is 6.03. The fraction of sp³-hybridized carbons (Fsp3) is 0.750. The molecule has 0 N–H and O–H groups in total. The highest BCUT2D eigenvalue weighted by Gasteiger charge is 2.22. The van der Waals surface area contributed by atoms with Crippen molar-refractivity contribution in [3.63, 3.8) is 0 Å². The Labute approximate surface area is 141 Å². The predicted molar refractivity (Wildman–Crippen MR) is 93.5 cm³/mol. The molecule has 122 valence electrons. The van der Waals surface area contributed by atoms with Crippen LogP contribution in [0.1, 0.15) is 61.1 Å². The van der Waals surface area contributed by atoms with Gasteiger partial charge in [0.05, 0.1) is 0 Å². The van der Waals surface area contributed by atoms with E-state index in [2.05, 4.69) is 55.0 Å². The van der Waals surface area contributed by atoms with Gasteiger partial charge in [-0.2, -0.15) is 0 Å². The van der Waals surface area contributed by atoms with E-state index in [4.69, 9.17) is 0 Å². The van der Waals surface area contributed by atoms with Crippen LogP contribution in [-0.2, 0) is 25.7 Å². The molecule has 0 spiro atoms. The molecule has 0 radical (unpaired) electrons. The molecular formula is C16H26N4S2. The van der Waals surface area contributed by atoms with Gasteiger partial charge in [-0.05, 0) is 24.2 Å². The van der Waals surface area contributed by atoms with Gasteiger partial charge >= 0.3 is 0 Å². The van der Waals surface area contributed by atoms with Crippen molar-refractivity contribution >= 4 is 22.7 Å². The first kappa shape index (κ1) is 17.5. The van der Waals surface area contributed by atoms with Crippen molar-refractivity contribution in [2.45, 2.75) is 66.7 Å². The SMILES string of the molecule is CCc1nnc(CC(C)(C)CCc2nnc(CC(C)C)s2)s1. The molecule has 0 aromatic carbocycles. The topological polar surface area (TPSA) is 51.6 Å². The van der Waals surface area contributed by atoms with E-state index in [1.54, 1.807) is 22.7 Å². The molecule has 0 amide bonds. The summed E-state index contributed by atoms with van der Waals surface area (Å²) in [5, 5.41) is 21.8. The van der Waals surface area contributed by atoms with E-state index in [-0.39, 0.29) is 5.41 Å². The molecule has 22 heavy (non-hydrogen) atoms. The molecule has 0 aliphatic heterocycles. The Morgan fingerprint density at radius 3 is 2.14 bits per heavy atom. The Balaban J connectivity index is 1.87. The number of nitrogens with zero attached hydrogens (tertiary/aromatic N) is 4. The fourth-order valence-corrected chi connectivity index (χ4v) is 4.37. The van der Waals surface area contributed by atoms with Gasteiger partial charge in [-0.25, -0.2) is 0 Å². The van der Waals surface area contributed by atoms with Gasteiger partial charge < -0.3 is 0 Å². The first-order chi connectivity index (χ1) is 10.4. The Bertz CT molecular complexity index is 586. The third-order valence-corrected chi connectivity index (χ3v) is 5.62. The maximum Gasteiger partial charge on any atom is 0.117 e. The molecule has 0 aliphatic rings. The van der Waals surface area contributed by atoms with E-state index >= 15 is 0 Å². The number of hydrogen-bond acceptors (Lipinski definition) is 6. The quantitative estimate of drug-likeness (QED) is 0.718. The highest BCUT2D eigenvalue weighted by Crippen LogP contribution is 2.29. The van der Waals surface area contributed by atoms with Gasteiger partial charge in [0.15, 0.2) is 0 Å². The van der Waals surface area contributed by atoms with Crippen LogP contribution in [-0.4, -0.2) is 20.4 Å². The summed E-state index contributed by atoms with van der Waals surface area (Å²) in [5.41, 5.74) is 0.217. The summed E-state index contributed by atoms with van der Waals surface area (Å²) < 4.78 is 0. The molecule has 0 fully saturated rings. The van der Waals surface area contributed by atoms with Crippen LogP contribution < -0.4 is 0 Å². The molecule has 0 unspecified atom stereocenters. The smallest absolute Gasteiger partial charge is 0.117 e. The average molecular weight is 339 g/mol. The summed E-state index contributed by atoms with van der Waals surface area (Å²) in [6, 6.07) is 0. The van der Waals surface area contributed by atoms with E-state index < -0.39 is 0 Å².